The van der Waals surface area contributed by atoms with Gasteiger partial charge in [-0.15, -0.1) is 0 Å². The van der Waals surface area contributed by atoms with E-state index in [2.05, 4.69) is 46.0 Å². The molecule has 3 fully saturated rings. The molecule has 0 radical (unpaired) electrons. The monoisotopic (exact) mass is 795 g/mol. The second-order valence-corrected chi connectivity index (χ2v) is 19.1. The van der Waals surface area contributed by atoms with E-state index in [4.69, 9.17) is 4.74 Å². The van der Waals surface area contributed by atoms with E-state index in [1.807, 2.05) is 0 Å². The predicted octanol–water partition coefficient (Wildman–Crippen LogP) is 12.7. The molecule has 12 nitrogen and oxygen atoms in total. The van der Waals surface area contributed by atoms with E-state index in [1.54, 1.807) is 5.57 Å². The number of fused-ring (bicyclic) bond motifs is 5. The fourth-order valence-electron chi connectivity index (χ4n) is 12.0. The van der Waals surface area contributed by atoms with Crippen molar-refractivity contribution in [2.45, 2.75) is 176 Å². The van der Waals surface area contributed by atoms with Gasteiger partial charge < -0.3 is 10.1 Å². The van der Waals surface area contributed by atoms with Gasteiger partial charge in [0, 0.05) is 19.4 Å². The van der Waals surface area contributed by atoms with E-state index >= 15 is 0 Å². The van der Waals surface area contributed by atoms with Crippen LogP contribution in [0, 0.1) is 76.7 Å². The number of benzene rings is 1. The molecule has 1 N–H and O–H groups in total. The van der Waals surface area contributed by atoms with Crippen molar-refractivity contribution < 1.29 is 24.3 Å². The lowest BCUT2D eigenvalue weighted by atomic mass is 9.47. The zero-order valence-electron chi connectivity index (χ0n) is 35.4. The maximum atomic E-state index is 12.9. The highest BCUT2D eigenvalue weighted by Crippen LogP contribution is 2.67. The number of anilines is 1. The smallest absolute Gasteiger partial charge is 0.306 e. The van der Waals surface area contributed by atoms with Gasteiger partial charge in [-0.1, -0.05) is 110 Å². The molecule has 4 aliphatic rings. The minimum absolute atomic E-state index is 0.0133. The molecule has 4 aliphatic carbocycles. The Labute approximate surface area is 340 Å². The number of ether oxygens (including phenoxy) is 1. The van der Waals surface area contributed by atoms with Crippen LogP contribution in [0.3, 0.4) is 0 Å². The molecular formula is C45H70N4O8. The predicted molar refractivity (Wildman–Crippen MR) is 224 cm³/mol. The van der Waals surface area contributed by atoms with Gasteiger partial charge in [-0.3, -0.25) is 35.1 Å². The fraction of sp³-hybridized carbons (Fsp3) is 0.800. The Morgan fingerprint density at radius 3 is 2.04 bits per heavy atom. The largest absolute Gasteiger partial charge is 0.462 e. The standard InChI is InChI=1S/C45H70N4O8/c1-31(2)16-15-17-32(3)37-21-22-38-36-20-19-33-28-35(23-25-44(33,4)39(36)24-26-45(37,38)5)57-42(50)18-13-11-9-7-6-8-10-12-14-27-46-43-40(48(53)54)29-34(47(51)52)30-41(43)49(55)56/h19,29-32,35-39,46H,6-18,20-28H2,1-5H3/t32-,35+,36+,37-,38+,39+,44+,45-/m1/s1. The number of carbonyl (C=O) groups is 1. The average Bonchev–Trinajstić information content (AvgIpc) is 3.52. The molecule has 0 spiro atoms. The van der Waals surface area contributed by atoms with Crippen molar-refractivity contribution in [2.24, 2.45) is 46.3 Å². The number of nitrogens with one attached hydrogen (secondary N) is 1. The van der Waals surface area contributed by atoms with Crippen molar-refractivity contribution in [2.75, 3.05) is 11.9 Å². The summed E-state index contributed by atoms with van der Waals surface area (Å²) in [4.78, 5) is 44.3. The number of unbranched alkanes of at least 4 members (excludes halogenated alkanes) is 8. The molecule has 0 bridgehead atoms. The van der Waals surface area contributed by atoms with Crippen LogP contribution in [0.5, 0.6) is 0 Å². The summed E-state index contributed by atoms with van der Waals surface area (Å²) < 4.78 is 6.09. The number of rotatable bonds is 22. The number of non-ortho nitro benzene ring substituents is 1. The van der Waals surface area contributed by atoms with Crippen LogP contribution >= 0.6 is 0 Å². The van der Waals surface area contributed by atoms with Gasteiger partial charge in [-0.2, -0.15) is 0 Å². The molecule has 1 aromatic carbocycles. The van der Waals surface area contributed by atoms with Gasteiger partial charge in [0.05, 0.1) is 26.9 Å². The highest BCUT2D eigenvalue weighted by molar-refractivity contribution is 5.77. The van der Waals surface area contributed by atoms with Gasteiger partial charge in [0.1, 0.15) is 6.10 Å². The molecule has 0 aromatic heterocycles. The van der Waals surface area contributed by atoms with Crippen LogP contribution in [0.2, 0.25) is 0 Å². The molecule has 5 rings (SSSR count). The number of esters is 1. The highest BCUT2D eigenvalue weighted by Gasteiger charge is 2.59. The first-order chi connectivity index (χ1) is 27.2. The molecule has 57 heavy (non-hydrogen) atoms. The Morgan fingerprint density at radius 1 is 0.789 bits per heavy atom. The highest BCUT2D eigenvalue weighted by atomic mass is 16.6. The Hall–Kier alpha value is -3.57. The Balaban J connectivity index is 0.945. The third kappa shape index (κ3) is 10.7. The molecule has 0 amide bonds. The van der Waals surface area contributed by atoms with Gasteiger partial charge in [0.15, 0.2) is 5.69 Å². The minimum Gasteiger partial charge on any atom is -0.462 e. The Morgan fingerprint density at radius 2 is 1.42 bits per heavy atom. The van der Waals surface area contributed by atoms with Gasteiger partial charge >= 0.3 is 17.3 Å². The topological polar surface area (TPSA) is 168 Å². The first-order valence-corrected chi connectivity index (χ1v) is 22.4. The molecule has 0 saturated heterocycles. The van der Waals surface area contributed by atoms with Crippen molar-refractivity contribution in [1.29, 1.82) is 0 Å². The lowest BCUT2D eigenvalue weighted by Gasteiger charge is -2.58. The zero-order valence-corrected chi connectivity index (χ0v) is 35.4. The summed E-state index contributed by atoms with van der Waals surface area (Å²) in [5.74, 6) is 4.89. The van der Waals surface area contributed by atoms with Crippen LogP contribution in [-0.2, 0) is 9.53 Å². The maximum Gasteiger partial charge on any atom is 0.306 e. The van der Waals surface area contributed by atoms with Crippen molar-refractivity contribution in [1.82, 2.24) is 0 Å². The molecule has 318 valence electrons. The SMILES string of the molecule is CC(C)CCC[C@@H](C)[C@H]1CC[C@H]2[C@@H]3CC=C4C[C@@H](OC(=O)CCCCCCCCCCCNc5c([N+](=O)[O-])cc([N+](=O)[O-])cc5[N+](=O)[O-])CC[C@]4(C)[C@H]3CC[C@]12C. The lowest BCUT2D eigenvalue weighted by molar-refractivity contribution is -0.401. The lowest BCUT2D eigenvalue weighted by Crippen LogP contribution is -2.51. The first-order valence-electron chi connectivity index (χ1n) is 22.4. The van der Waals surface area contributed by atoms with Gasteiger partial charge in [0.2, 0.25) is 0 Å². The molecule has 8 atom stereocenters. The molecule has 0 unspecified atom stereocenters. The Kier molecular flexibility index (Phi) is 15.6. The number of nitro benzene ring substituents is 3. The zero-order chi connectivity index (χ0) is 41.3. The first kappa shape index (κ1) is 44.5. The molecule has 12 heteroatoms. The summed E-state index contributed by atoms with van der Waals surface area (Å²) in [7, 11) is 0. The number of nitrogens with zero attached hydrogens (tertiary/aromatic N) is 3. The molecular weight excluding hydrogens is 725 g/mol. The van der Waals surface area contributed by atoms with Gasteiger partial charge in [0.25, 0.3) is 5.69 Å². The molecule has 1 aromatic rings. The fourth-order valence-corrected chi connectivity index (χ4v) is 12.0. The molecule has 3 saturated carbocycles. The van der Waals surface area contributed by atoms with Crippen LogP contribution in [0.25, 0.3) is 0 Å². The van der Waals surface area contributed by atoms with Crippen LogP contribution in [0.1, 0.15) is 169 Å². The third-order valence-electron chi connectivity index (χ3n) is 15.1. The summed E-state index contributed by atoms with van der Waals surface area (Å²) in [6, 6.07) is 1.49. The average molecular weight is 795 g/mol. The van der Waals surface area contributed by atoms with Crippen LogP contribution in [-0.4, -0.2) is 33.4 Å². The summed E-state index contributed by atoms with van der Waals surface area (Å²) in [6.07, 6.45) is 25.6. The number of carbonyl (C=O) groups excluding carboxylic acids is 1. The van der Waals surface area contributed by atoms with E-state index in [0.29, 0.717) is 18.3 Å². The van der Waals surface area contributed by atoms with Crippen LogP contribution in [0.15, 0.2) is 23.8 Å². The summed E-state index contributed by atoms with van der Waals surface area (Å²) in [5, 5.41) is 36.7. The molecule has 0 aliphatic heterocycles. The van der Waals surface area contributed by atoms with Crippen molar-refractivity contribution in [3.05, 3.63) is 54.1 Å². The van der Waals surface area contributed by atoms with Crippen LogP contribution < -0.4 is 5.32 Å². The van der Waals surface area contributed by atoms with E-state index in [0.717, 1.165) is 118 Å². The molecule has 0 heterocycles. The summed E-state index contributed by atoms with van der Waals surface area (Å²) in [6.45, 7) is 12.8. The normalized spacial score (nSPS) is 28.5. The van der Waals surface area contributed by atoms with E-state index < -0.39 is 31.8 Å². The van der Waals surface area contributed by atoms with Crippen LogP contribution in [0.4, 0.5) is 22.7 Å². The van der Waals surface area contributed by atoms with Gasteiger partial charge in [-0.25, -0.2) is 0 Å². The number of hydrogen-bond acceptors (Lipinski definition) is 9. The second kappa shape index (κ2) is 19.9. The quantitative estimate of drug-likeness (QED) is 0.0395. The van der Waals surface area contributed by atoms with Crippen molar-refractivity contribution >= 4 is 28.7 Å². The number of hydrogen-bond donors (Lipinski definition) is 1. The summed E-state index contributed by atoms with van der Waals surface area (Å²) in [5.41, 5.74) is -0.0284. The summed E-state index contributed by atoms with van der Waals surface area (Å²) >= 11 is 0. The van der Waals surface area contributed by atoms with Gasteiger partial charge in [-0.05, 0) is 104 Å². The van der Waals surface area contributed by atoms with Crippen molar-refractivity contribution in [3.8, 4) is 0 Å². The van der Waals surface area contributed by atoms with E-state index in [-0.39, 0.29) is 29.7 Å². The number of nitro groups is 3. The minimum atomic E-state index is -0.881. The van der Waals surface area contributed by atoms with E-state index in [1.165, 1.54) is 51.4 Å². The maximum absolute atomic E-state index is 12.9. The Bertz CT molecular complexity index is 1580. The number of allylic oxidation sites excluding steroid dienone is 1. The third-order valence-corrected chi connectivity index (χ3v) is 15.1. The van der Waals surface area contributed by atoms with Crippen molar-refractivity contribution in [3.63, 3.8) is 0 Å². The van der Waals surface area contributed by atoms with E-state index in [9.17, 15) is 35.1 Å². The second-order valence-electron chi connectivity index (χ2n) is 19.1.